The fourth-order valence-corrected chi connectivity index (χ4v) is 6.20. The van der Waals surface area contributed by atoms with Gasteiger partial charge in [0.15, 0.2) is 5.65 Å². The van der Waals surface area contributed by atoms with Gasteiger partial charge in [0.25, 0.3) is 0 Å². The number of ether oxygens (including phenoxy) is 2. The van der Waals surface area contributed by atoms with Crippen molar-refractivity contribution in [1.82, 2.24) is 24.3 Å². The highest BCUT2D eigenvalue weighted by atomic mass is 16.5. The zero-order chi connectivity index (χ0) is 27.1. The van der Waals surface area contributed by atoms with Crippen LogP contribution >= 0.6 is 0 Å². The van der Waals surface area contributed by atoms with E-state index in [1.807, 2.05) is 11.9 Å². The van der Waals surface area contributed by atoms with Gasteiger partial charge in [-0.15, -0.1) is 0 Å². The molecule has 39 heavy (non-hydrogen) atoms. The summed E-state index contributed by atoms with van der Waals surface area (Å²) in [7, 11) is 4.15. The molecule has 10 nitrogen and oxygen atoms in total. The van der Waals surface area contributed by atoms with E-state index in [1.54, 1.807) is 0 Å². The van der Waals surface area contributed by atoms with Crippen molar-refractivity contribution < 1.29 is 14.3 Å². The zero-order valence-electron chi connectivity index (χ0n) is 22.9. The van der Waals surface area contributed by atoms with E-state index in [1.165, 1.54) is 23.6 Å². The third-order valence-electron chi connectivity index (χ3n) is 8.45. The molecule has 0 radical (unpaired) electrons. The number of carbonyl (C=O) groups excluding carboxylic acids is 1. The first-order chi connectivity index (χ1) is 19.0. The summed E-state index contributed by atoms with van der Waals surface area (Å²) in [5, 5.41) is 0.825. The number of hydrogen-bond acceptors (Lipinski definition) is 8. The van der Waals surface area contributed by atoms with Gasteiger partial charge in [0.2, 0.25) is 5.91 Å². The lowest BCUT2D eigenvalue weighted by Gasteiger charge is -2.35. The minimum absolute atomic E-state index is 0.0495. The van der Waals surface area contributed by atoms with E-state index in [2.05, 4.69) is 46.2 Å². The molecule has 3 aliphatic heterocycles. The summed E-state index contributed by atoms with van der Waals surface area (Å²) in [6, 6.07) is 7.04. The number of likely N-dealkylation sites (N-methyl/N-ethyl adjacent to an activating group) is 1. The number of nitrogen functional groups attached to an aromatic ring is 1. The van der Waals surface area contributed by atoms with Crippen LogP contribution in [-0.4, -0.2) is 89.3 Å². The maximum Gasteiger partial charge on any atom is 0.320 e. The summed E-state index contributed by atoms with van der Waals surface area (Å²) in [5.74, 6) is 0.708. The Balaban J connectivity index is 1.43. The highest BCUT2D eigenvalue weighted by Gasteiger charge is 2.29. The quantitative estimate of drug-likeness (QED) is 0.485. The van der Waals surface area contributed by atoms with E-state index in [9.17, 15) is 4.79 Å². The van der Waals surface area contributed by atoms with Gasteiger partial charge >= 0.3 is 6.01 Å². The molecule has 2 aromatic heterocycles. The van der Waals surface area contributed by atoms with Gasteiger partial charge in [-0.2, -0.15) is 9.97 Å². The Morgan fingerprint density at radius 2 is 2.03 bits per heavy atom. The van der Waals surface area contributed by atoms with Crippen molar-refractivity contribution >= 4 is 28.4 Å². The molecule has 10 heteroatoms. The molecule has 2 fully saturated rings. The molecule has 1 amide bonds. The second-order valence-electron chi connectivity index (χ2n) is 10.7. The van der Waals surface area contributed by atoms with Crippen LogP contribution < -0.4 is 15.4 Å². The molecule has 2 N–H and O–H groups in total. The van der Waals surface area contributed by atoms with Crippen LogP contribution in [-0.2, 0) is 29.6 Å². The fraction of sp³-hybridized carbons (Fsp3) is 0.483. The van der Waals surface area contributed by atoms with Crippen molar-refractivity contribution in [2.75, 3.05) is 63.6 Å². The predicted molar refractivity (Wildman–Crippen MR) is 152 cm³/mol. The fourth-order valence-electron chi connectivity index (χ4n) is 6.20. The average Bonchev–Trinajstić information content (AvgIpc) is 3.50. The van der Waals surface area contributed by atoms with E-state index in [-0.39, 0.29) is 5.91 Å². The lowest BCUT2D eigenvalue weighted by atomic mass is 9.94. The number of likely N-dealkylation sites (tertiary alicyclic amines) is 1. The standard InChI is InChI=1S/C29H37N7O3/c1-4-23(37)35-12-14-36(15-13-35)28-24-25(30)26(22-9-5-7-19-17-38-16-10-21(19)22)34(3)27(24)31-29(32-28)39-18-20-8-6-11-33(20)2/h4-5,7,9,20H,1,6,8,10-18,30H2,2-3H3/t20-/m0/s1. The zero-order valence-corrected chi connectivity index (χ0v) is 22.9. The van der Waals surface area contributed by atoms with Gasteiger partial charge in [-0.25, -0.2) is 0 Å². The molecule has 0 bridgehead atoms. The molecule has 5 heterocycles. The van der Waals surface area contributed by atoms with Gasteiger partial charge in [0.05, 0.1) is 30.0 Å². The summed E-state index contributed by atoms with van der Waals surface area (Å²) < 4.78 is 14.0. The number of nitrogens with zero attached hydrogens (tertiary/aromatic N) is 6. The van der Waals surface area contributed by atoms with Crippen molar-refractivity contribution in [2.24, 2.45) is 7.05 Å². The van der Waals surface area contributed by atoms with E-state index < -0.39 is 0 Å². The van der Waals surface area contributed by atoms with Gasteiger partial charge in [-0.1, -0.05) is 24.8 Å². The number of fused-ring (bicyclic) bond motifs is 2. The van der Waals surface area contributed by atoms with Gasteiger partial charge in [-0.05, 0) is 50.1 Å². The highest BCUT2D eigenvalue weighted by Crippen LogP contribution is 2.42. The number of anilines is 2. The Morgan fingerprint density at radius 1 is 1.21 bits per heavy atom. The van der Waals surface area contributed by atoms with E-state index in [0.29, 0.717) is 63.7 Å². The van der Waals surface area contributed by atoms with Crippen LogP contribution in [0.3, 0.4) is 0 Å². The van der Waals surface area contributed by atoms with Crippen molar-refractivity contribution in [3.05, 3.63) is 42.0 Å². The molecule has 206 valence electrons. The van der Waals surface area contributed by atoms with Crippen molar-refractivity contribution in [1.29, 1.82) is 0 Å². The van der Waals surface area contributed by atoms with Gasteiger partial charge in [-0.3, -0.25) is 4.79 Å². The normalized spacial score (nSPS) is 19.9. The highest BCUT2D eigenvalue weighted by molar-refractivity contribution is 6.06. The minimum atomic E-state index is -0.0495. The van der Waals surface area contributed by atoms with E-state index >= 15 is 0 Å². The Bertz CT molecular complexity index is 1410. The van der Waals surface area contributed by atoms with Crippen LogP contribution in [0.4, 0.5) is 11.5 Å². The largest absolute Gasteiger partial charge is 0.462 e. The van der Waals surface area contributed by atoms with Crippen LogP contribution in [0, 0.1) is 0 Å². The first-order valence-corrected chi connectivity index (χ1v) is 13.8. The topological polar surface area (TPSA) is 102 Å². The predicted octanol–water partition coefficient (Wildman–Crippen LogP) is 2.60. The lowest BCUT2D eigenvalue weighted by molar-refractivity contribution is -0.126. The molecule has 3 aliphatic rings. The van der Waals surface area contributed by atoms with Crippen LogP contribution in [0.1, 0.15) is 24.0 Å². The Morgan fingerprint density at radius 3 is 2.77 bits per heavy atom. The Hall–Kier alpha value is -3.63. The molecule has 1 atom stereocenters. The molecule has 0 aliphatic carbocycles. The third kappa shape index (κ3) is 4.61. The lowest BCUT2D eigenvalue weighted by Crippen LogP contribution is -2.48. The number of aromatic nitrogens is 3. The molecule has 6 rings (SSSR count). The monoisotopic (exact) mass is 531 g/mol. The average molecular weight is 532 g/mol. The van der Waals surface area contributed by atoms with Crippen LogP contribution in [0.5, 0.6) is 6.01 Å². The summed E-state index contributed by atoms with van der Waals surface area (Å²) in [6.45, 7) is 9.02. The smallest absolute Gasteiger partial charge is 0.320 e. The van der Waals surface area contributed by atoms with E-state index in [0.717, 1.165) is 47.5 Å². The Labute approximate surface area is 229 Å². The molecule has 0 unspecified atom stereocenters. The second-order valence-corrected chi connectivity index (χ2v) is 10.7. The summed E-state index contributed by atoms with van der Waals surface area (Å²) in [6.07, 6.45) is 4.49. The third-order valence-corrected chi connectivity index (χ3v) is 8.45. The SMILES string of the molecule is C=CC(=O)N1CCN(c2nc(OC[C@@H]3CCCN3C)nc3c2c(N)c(-c2cccc4c2CCOC4)n3C)CC1. The Kier molecular flexibility index (Phi) is 6.90. The molecule has 0 saturated carbocycles. The molecule has 0 spiro atoms. The number of aryl methyl sites for hydroxylation is 1. The summed E-state index contributed by atoms with van der Waals surface area (Å²) in [5.41, 5.74) is 12.9. The van der Waals surface area contributed by atoms with Crippen molar-refractivity contribution in [3.8, 4) is 17.3 Å². The number of carbonyl (C=O) groups is 1. The number of piperazine rings is 1. The van der Waals surface area contributed by atoms with Crippen LogP contribution in [0.15, 0.2) is 30.9 Å². The van der Waals surface area contributed by atoms with Gasteiger partial charge < -0.3 is 34.5 Å². The van der Waals surface area contributed by atoms with Gasteiger partial charge in [0.1, 0.15) is 12.4 Å². The second kappa shape index (κ2) is 10.5. The van der Waals surface area contributed by atoms with Crippen molar-refractivity contribution in [2.45, 2.75) is 31.9 Å². The maximum atomic E-state index is 12.2. The molecular weight excluding hydrogens is 494 g/mol. The number of nitrogens with two attached hydrogens (primary N) is 1. The van der Waals surface area contributed by atoms with Gasteiger partial charge in [0, 0.05) is 44.8 Å². The first kappa shape index (κ1) is 25.6. The van der Waals surface area contributed by atoms with Crippen molar-refractivity contribution in [3.63, 3.8) is 0 Å². The molecule has 1 aromatic carbocycles. The minimum Gasteiger partial charge on any atom is -0.462 e. The number of rotatable bonds is 6. The van der Waals surface area contributed by atoms with Crippen LogP contribution in [0.25, 0.3) is 22.3 Å². The number of amides is 1. The first-order valence-electron chi connectivity index (χ1n) is 13.8. The van der Waals surface area contributed by atoms with Crippen LogP contribution in [0.2, 0.25) is 0 Å². The number of benzene rings is 1. The number of hydrogen-bond donors (Lipinski definition) is 1. The molecular formula is C29H37N7O3. The summed E-state index contributed by atoms with van der Waals surface area (Å²) >= 11 is 0. The van der Waals surface area contributed by atoms with E-state index in [4.69, 9.17) is 25.2 Å². The summed E-state index contributed by atoms with van der Waals surface area (Å²) in [4.78, 5) is 28.4. The molecule has 3 aromatic rings. The molecule has 2 saturated heterocycles. The maximum absolute atomic E-state index is 12.2.